The van der Waals surface area contributed by atoms with Crippen molar-refractivity contribution >= 4 is 22.2 Å². The van der Waals surface area contributed by atoms with Crippen molar-refractivity contribution in [3.63, 3.8) is 0 Å². The first-order valence-corrected chi connectivity index (χ1v) is 6.86. The lowest BCUT2D eigenvalue weighted by atomic mass is 9.98. The fourth-order valence-electron chi connectivity index (χ4n) is 2.57. The average molecular weight is 276 g/mol. The van der Waals surface area contributed by atoms with Crippen molar-refractivity contribution in [2.45, 2.75) is 6.92 Å². The molecule has 2 aromatic carbocycles. The smallest absolute Gasteiger partial charge is 0.161 e. The number of hydrogen-bond donors (Lipinski definition) is 1. The van der Waals surface area contributed by atoms with Gasteiger partial charge in [-0.05, 0) is 30.0 Å². The van der Waals surface area contributed by atoms with Crippen LogP contribution in [0.15, 0.2) is 54.9 Å². The minimum absolute atomic E-state index is 0.0574. The van der Waals surface area contributed by atoms with Gasteiger partial charge in [-0.15, -0.1) is 0 Å². The summed E-state index contributed by atoms with van der Waals surface area (Å²) in [4.78, 5) is 15.9. The van der Waals surface area contributed by atoms with E-state index in [0.29, 0.717) is 5.56 Å². The van der Waals surface area contributed by atoms with Crippen LogP contribution in [0.3, 0.4) is 0 Å². The van der Waals surface area contributed by atoms with Gasteiger partial charge in [0.25, 0.3) is 0 Å². The minimum atomic E-state index is 0.0574. The Labute approximate surface area is 123 Å². The van der Waals surface area contributed by atoms with Gasteiger partial charge < -0.3 is 5.32 Å². The van der Waals surface area contributed by atoms with Crippen LogP contribution in [-0.4, -0.2) is 17.8 Å². The number of aromatic nitrogens is 1. The van der Waals surface area contributed by atoms with Crippen LogP contribution in [0, 0.1) is 0 Å². The van der Waals surface area contributed by atoms with E-state index in [1.54, 1.807) is 6.92 Å². The number of carbonyl (C=O) groups is 1. The molecule has 3 heteroatoms. The average Bonchev–Trinajstić information content (AvgIpc) is 2.53. The summed E-state index contributed by atoms with van der Waals surface area (Å²) in [6.07, 6.45) is 3.73. The highest BCUT2D eigenvalue weighted by atomic mass is 16.1. The zero-order chi connectivity index (χ0) is 14.8. The Kier molecular flexibility index (Phi) is 3.40. The quantitative estimate of drug-likeness (QED) is 0.731. The van der Waals surface area contributed by atoms with Gasteiger partial charge in [-0.3, -0.25) is 9.78 Å². The molecule has 0 fully saturated rings. The number of carbonyl (C=O) groups excluding carboxylic acids is 1. The molecule has 0 aliphatic heterocycles. The van der Waals surface area contributed by atoms with E-state index in [1.165, 1.54) is 0 Å². The van der Waals surface area contributed by atoms with E-state index < -0.39 is 0 Å². The highest BCUT2D eigenvalue weighted by Crippen LogP contribution is 2.30. The Hall–Kier alpha value is -2.68. The third-order valence-electron chi connectivity index (χ3n) is 3.65. The van der Waals surface area contributed by atoms with Gasteiger partial charge in [-0.25, -0.2) is 0 Å². The SMILES string of the molecule is CNc1cc(-c2cncc3ccccc23)ccc1C(C)=O. The Morgan fingerprint density at radius 1 is 1.10 bits per heavy atom. The topological polar surface area (TPSA) is 42.0 Å². The van der Waals surface area contributed by atoms with Gasteiger partial charge in [0.1, 0.15) is 0 Å². The second-order valence-corrected chi connectivity index (χ2v) is 4.97. The molecule has 0 unspecified atom stereocenters. The molecule has 3 nitrogen and oxygen atoms in total. The number of fused-ring (bicyclic) bond motifs is 1. The molecule has 0 atom stereocenters. The summed E-state index contributed by atoms with van der Waals surface area (Å²) in [5.41, 5.74) is 3.66. The second kappa shape index (κ2) is 5.37. The van der Waals surface area contributed by atoms with Gasteiger partial charge in [0.15, 0.2) is 5.78 Å². The van der Waals surface area contributed by atoms with E-state index in [-0.39, 0.29) is 5.78 Å². The predicted octanol–water partition coefficient (Wildman–Crippen LogP) is 4.15. The lowest BCUT2D eigenvalue weighted by Crippen LogP contribution is -2.00. The summed E-state index contributed by atoms with van der Waals surface area (Å²) in [5.74, 6) is 0.0574. The third-order valence-corrected chi connectivity index (χ3v) is 3.65. The van der Waals surface area contributed by atoms with Crippen molar-refractivity contribution in [3.05, 3.63) is 60.4 Å². The molecule has 0 saturated carbocycles. The molecule has 1 heterocycles. The van der Waals surface area contributed by atoms with Gasteiger partial charge in [-0.2, -0.15) is 0 Å². The van der Waals surface area contributed by atoms with Crippen LogP contribution < -0.4 is 5.32 Å². The van der Waals surface area contributed by atoms with Crippen molar-refractivity contribution in [2.75, 3.05) is 12.4 Å². The fraction of sp³-hybridized carbons (Fsp3) is 0.111. The minimum Gasteiger partial charge on any atom is -0.388 e. The Morgan fingerprint density at radius 3 is 2.67 bits per heavy atom. The lowest BCUT2D eigenvalue weighted by molar-refractivity contribution is 0.101. The Bertz CT molecular complexity index is 819. The molecule has 1 N–H and O–H groups in total. The number of nitrogens with one attached hydrogen (secondary N) is 1. The fourth-order valence-corrected chi connectivity index (χ4v) is 2.57. The summed E-state index contributed by atoms with van der Waals surface area (Å²) in [7, 11) is 1.83. The summed E-state index contributed by atoms with van der Waals surface area (Å²) in [6.45, 7) is 1.58. The molecule has 0 aliphatic carbocycles. The van der Waals surface area contributed by atoms with Crippen molar-refractivity contribution in [3.8, 4) is 11.1 Å². The monoisotopic (exact) mass is 276 g/mol. The third kappa shape index (κ3) is 2.38. The normalized spacial score (nSPS) is 10.6. The van der Waals surface area contributed by atoms with Gasteiger partial charge >= 0.3 is 0 Å². The van der Waals surface area contributed by atoms with Crippen LogP contribution in [0.4, 0.5) is 5.69 Å². The van der Waals surface area contributed by atoms with E-state index in [0.717, 1.165) is 27.6 Å². The predicted molar refractivity (Wildman–Crippen MR) is 86.7 cm³/mol. The summed E-state index contributed by atoms with van der Waals surface area (Å²) in [5, 5.41) is 5.36. The summed E-state index contributed by atoms with van der Waals surface area (Å²) < 4.78 is 0. The number of rotatable bonds is 3. The number of ketones is 1. The molecule has 1 aromatic heterocycles. The van der Waals surface area contributed by atoms with Gasteiger partial charge in [-0.1, -0.05) is 30.3 Å². The van der Waals surface area contributed by atoms with Crippen LogP contribution in [0.1, 0.15) is 17.3 Å². The highest BCUT2D eigenvalue weighted by Gasteiger charge is 2.10. The lowest BCUT2D eigenvalue weighted by Gasteiger charge is -2.11. The van der Waals surface area contributed by atoms with Crippen LogP contribution >= 0.6 is 0 Å². The first kappa shape index (κ1) is 13.3. The van der Waals surface area contributed by atoms with E-state index in [1.807, 2.05) is 49.8 Å². The molecule has 104 valence electrons. The van der Waals surface area contributed by atoms with Gasteiger partial charge in [0.05, 0.1) is 0 Å². The molecule has 0 bridgehead atoms. The van der Waals surface area contributed by atoms with Gasteiger partial charge in [0.2, 0.25) is 0 Å². The number of nitrogens with zero attached hydrogens (tertiary/aromatic N) is 1. The number of Topliss-reactive ketones (excluding diaryl/α,β-unsaturated/α-hetero) is 1. The van der Waals surface area contributed by atoms with Crippen LogP contribution in [0.2, 0.25) is 0 Å². The molecule has 21 heavy (non-hydrogen) atoms. The zero-order valence-corrected chi connectivity index (χ0v) is 12.1. The second-order valence-electron chi connectivity index (χ2n) is 4.97. The molecule has 0 spiro atoms. The molecule has 3 aromatic rings. The maximum absolute atomic E-state index is 11.6. The van der Waals surface area contributed by atoms with Crippen molar-refractivity contribution in [1.29, 1.82) is 0 Å². The van der Waals surface area contributed by atoms with Crippen LogP contribution in [0.25, 0.3) is 21.9 Å². The van der Waals surface area contributed by atoms with E-state index >= 15 is 0 Å². The van der Waals surface area contributed by atoms with E-state index in [9.17, 15) is 4.79 Å². The van der Waals surface area contributed by atoms with Crippen molar-refractivity contribution < 1.29 is 4.79 Å². The maximum atomic E-state index is 11.6. The number of hydrogen-bond acceptors (Lipinski definition) is 3. The van der Waals surface area contributed by atoms with Crippen molar-refractivity contribution in [1.82, 2.24) is 4.98 Å². The Balaban J connectivity index is 2.21. The van der Waals surface area contributed by atoms with Crippen LogP contribution in [0.5, 0.6) is 0 Å². The maximum Gasteiger partial charge on any atom is 0.161 e. The summed E-state index contributed by atoms with van der Waals surface area (Å²) in [6, 6.07) is 14.0. The molecule has 0 aliphatic rings. The molecular weight excluding hydrogens is 260 g/mol. The first-order valence-electron chi connectivity index (χ1n) is 6.86. The zero-order valence-electron chi connectivity index (χ0n) is 12.1. The molecule has 3 rings (SSSR count). The molecule has 0 radical (unpaired) electrons. The highest BCUT2D eigenvalue weighted by molar-refractivity contribution is 6.02. The summed E-state index contributed by atoms with van der Waals surface area (Å²) >= 11 is 0. The largest absolute Gasteiger partial charge is 0.388 e. The van der Waals surface area contributed by atoms with Gasteiger partial charge in [0, 0.05) is 41.6 Å². The number of benzene rings is 2. The molecule has 0 saturated heterocycles. The number of anilines is 1. The number of pyridine rings is 1. The van der Waals surface area contributed by atoms with Crippen molar-refractivity contribution in [2.24, 2.45) is 0 Å². The first-order chi connectivity index (χ1) is 10.2. The van der Waals surface area contributed by atoms with E-state index in [2.05, 4.69) is 22.4 Å². The molecular formula is C18H16N2O. The van der Waals surface area contributed by atoms with Crippen LogP contribution in [-0.2, 0) is 0 Å². The Morgan fingerprint density at radius 2 is 1.90 bits per heavy atom. The van der Waals surface area contributed by atoms with E-state index in [4.69, 9.17) is 0 Å². The standard InChI is InChI=1S/C18H16N2O/c1-12(21)15-8-7-13(9-18(15)19-2)17-11-20-10-14-5-3-4-6-16(14)17/h3-11,19H,1-2H3. The molecule has 0 amide bonds.